The van der Waals surface area contributed by atoms with Gasteiger partial charge >= 0.3 is 12.1 Å². The first-order chi connectivity index (χ1) is 14.4. The summed E-state index contributed by atoms with van der Waals surface area (Å²) in [5.41, 5.74) is 4.63. The predicted octanol–water partition coefficient (Wildman–Crippen LogP) is 3.06. The van der Waals surface area contributed by atoms with Gasteiger partial charge in [-0.05, 0) is 36.1 Å². The Labute approximate surface area is 174 Å². The summed E-state index contributed by atoms with van der Waals surface area (Å²) < 4.78 is 5.41. The van der Waals surface area contributed by atoms with E-state index < -0.39 is 24.0 Å². The van der Waals surface area contributed by atoms with Crippen molar-refractivity contribution in [1.82, 2.24) is 10.6 Å². The van der Waals surface area contributed by atoms with E-state index in [-0.39, 0.29) is 24.6 Å². The third kappa shape index (κ3) is 4.68. The second-order valence-electron chi connectivity index (χ2n) is 7.13. The third-order valence-electron chi connectivity index (χ3n) is 5.09. The van der Waals surface area contributed by atoms with Crippen molar-refractivity contribution >= 4 is 18.0 Å². The van der Waals surface area contributed by atoms with Crippen molar-refractivity contribution in [2.24, 2.45) is 0 Å². The Hall–Kier alpha value is -3.61. The molecule has 2 amide bonds. The number of rotatable bonds is 7. The lowest BCUT2D eigenvalue weighted by molar-refractivity contribution is -0.132. The largest absolute Gasteiger partial charge is 0.478 e. The van der Waals surface area contributed by atoms with Crippen LogP contribution in [0.25, 0.3) is 11.1 Å². The van der Waals surface area contributed by atoms with Crippen LogP contribution < -0.4 is 10.6 Å². The Morgan fingerprint density at radius 1 is 1.07 bits per heavy atom. The van der Waals surface area contributed by atoms with Crippen molar-refractivity contribution < 1.29 is 24.2 Å². The first-order valence-corrected chi connectivity index (χ1v) is 9.67. The lowest BCUT2D eigenvalue weighted by atomic mass is 9.98. The fourth-order valence-electron chi connectivity index (χ4n) is 3.43. The van der Waals surface area contributed by atoms with Gasteiger partial charge in [-0.25, -0.2) is 9.59 Å². The van der Waals surface area contributed by atoms with Gasteiger partial charge in [0.25, 0.3) is 0 Å². The Morgan fingerprint density at radius 2 is 1.63 bits per heavy atom. The van der Waals surface area contributed by atoms with E-state index in [2.05, 4.69) is 22.8 Å². The van der Waals surface area contributed by atoms with Gasteiger partial charge < -0.3 is 20.5 Å². The van der Waals surface area contributed by atoms with Crippen LogP contribution >= 0.6 is 0 Å². The molecular weight excluding hydrogens is 384 g/mol. The maximum atomic E-state index is 12.2. The molecule has 0 saturated carbocycles. The van der Waals surface area contributed by atoms with Crippen LogP contribution in [0.15, 0.2) is 60.2 Å². The fraction of sp³-hybridized carbons (Fsp3) is 0.261. The summed E-state index contributed by atoms with van der Waals surface area (Å²) in [5.74, 6) is -1.54. The number of amides is 2. The number of benzene rings is 2. The van der Waals surface area contributed by atoms with Gasteiger partial charge in [0.2, 0.25) is 5.91 Å². The lowest BCUT2D eigenvalue weighted by Gasteiger charge is -2.17. The minimum Gasteiger partial charge on any atom is -0.478 e. The molecule has 0 aliphatic heterocycles. The van der Waals surface area contributed by atoms with Gasteiger partial charge in [-0.1, -0.05) is 54.6 Å². The zero-order valence-electron chi connectivity index (χ0n) is 16.8. The first-order valence-electron chi connectivity index (χ1n) is 9.67. The molecule has 0 spiro atoms. The molecule has 2 aromatic rings. The summed E-state index contributed by atoms with van der Waals surface area (Å²) in [7, 11) is 0. The molecule has 30 heavy (non-hydrogen) atoms. The van der Waals surface area contributed by atoms with Crippen LogP contribution in [0.3, 0.4) is 0 Å². The number of hydrogen-bond acceptors (Lipinski definition) is 4. The molecule has 3 N–H and O–H groups in total. The zero-order chi connectivity index (χ0) is 21.7. The van der Waals surface area contributed by atoms with Crippen LogP contribution in [-0.4, -0.2) is 42.3 Å². The molecule has 0 radical (unpaired) electrons. The van der Waals surface area contributed by atoms with Crippen molar-refractivity contribution in [3.8, 4) is 11.1 Å². The van der Waals surface area contributed by atoms with E-state index >= 15 is 0 Å². The van der Waals surface area contributed by atoms with Crippen molar-refractivity contribution in [3.05, 3.63) is 71.3 Å². The number of hydrogen-bond donors (Lipinski definition) is 3. The van der Waals surface area contributed by atoms with Crippen molar-refractivity contribution in [3.63, 3.8) is 0 Å². The Kier molecular flexibility index (Phi) is 6.51. The van der Waals surface area contributed by atoms with E-state index in [1.807, 2.05) is 36.4 Å². The molecule has 0 heterocycles. The molecular formula is C23H24N2O5. The number of fused-ring (bicyclic) bond motifs is 3. The number of carboxylic acid groups (broad SMARTS) is 1. The molecule has 7 nitrogen and oxygen atoms in total. The average Bonchev–Trinajstić information content (AvgIpc) is 3.05. The standard InChI is InChI=1S/C23H24N2O5/c1-14(22(27)28)11-12-24-21(26)15(2)25-23(29)30-13-20-18-9-5-3-7-16(18)17-8-4-6-10-19(17)20/h3-11,15,20H,12-13H2,1-2H3,(H,24,26)(H,25,29)(H,27,28)/b14-11+/t15-/m0/s1. The Bertz CT molecular complexity index is 953. The van der Waals surface area contributed by atoms with E-state index in [4.69, 9.17) is 9.84 Å². The van der Waals surface area contributed by atoms with E-state index in [9.17, 15) is 14.4 Å². The maximum absolute atomic E-state index is 12.2. The number of ether oxygens (including phenoxy) is 1. The molecule has 0 unspecified atom stereocenters. The SMILES string of the molecule is C/C(=C\CNC(=O)[C@H](C)NC(=O)OCC1c2ccccc2-c2ccccc21)C(=O)O. The van der Waals surface area contributed by atoms with Crippen molar-refractivity contribution in [1.29, 1.82) is 0 Å². The average molecular weight is 408 g/mol. The van der Waals surface area contributed by atoms with Crippen molar-refractivity contribution in [2.75, 3.05) is 13.2 Å². The highest BCUT2D eigenvalue weighted by atomic mass is 16.5. The quantitative estimate of drug-likeness (QED) is 0.611. The highest BCUT2D eigenvalue weighted by Gasteiger charge is 2.29. The predicted molar refractivity (Wildman–Crippen MR) is 112 cm³/mol. The van der Waals surface area contributed by atoms with Crippen LogP contribution in [0.5, 0.6) is 0 Å². The Morgan fingerprint density at radius 3 is 2.20 bits per heavy atom. The highest BCUT2D eigenvalue weighted by Crippen LogP contribution is 2.44. The molecule has 0 fully saturated rings. The molecule has 1 aliphatic rings. The van der Waals surface area contributed by atoms with Crippen LogP contribution in [0.1, 0.15) is 30.9 Å². The molecule has 1 atom stereocenters. The minimum absolute atomic E-state index is 0.0589. The second-order valence-corrected chi connectivity index (χ2v) is 7.13. The number of alkyl carbamates (subject to hydrolysis) is 1. The normalized spacial score (nSPS) is 13.7. The molecule has 156 valence electrons. The Balaban J connectivity index is 1.54. The molecule has 0 aromatic heterocycles. The van der Waals surface area contributed by atoms with Gasteiger partial charge in [-0.2, -0.15) is 0 Å². The van der Waals surface area contributed by atoms with Crippen LogP contribution in [0.2, 0.25) is 0 Å². The smallest absolute Gasteiger partial charge is 0.407 e. The van der Waals surface area contributed by atoms with Crippen LogP contribution in [0.4, 0.5) is 4.79 Å². The van der Waals surface area contributed by atoms with Gasteiger partial charge in [-0.15, -0.1) is 0 Å². The van der Waals surface area contributed by atoms with Gasteiger partial charge in [0, 0.05) is 18.0 Å². The summed E-state index contributed by atoms with van der Waals surface area (Å²) in [4.78, 5) is 35.0. The van der Waals surface area contributed by atoms with Crippen molar-refractivity contribution in [2.45, 2.75) is 25.8 Å². The summed E-state index contributed by atoms with van der Waals surface area (Å²) in [6.45, 7) is 3.19. The summed E-state index contributed by atoms with van der Waals surface area (Å²) in [6.07, 6.45) is 0.706. The molecule has 0 bridgehead atoms. The summed E-state index contributed by atoms with van der Waals surface area (Å²) >= 11 is 0. The molecule has 0 saturated heterocycles. The monoisotopic (exact) mass is 408 g/mol. The van der Waals surface area contributed by atoms with Gasteiger partial charge in [0.15, 0.2) is 0 Å². The van der Waals surface area contributed by atoms with Gasteiger partial charge in [0.05, 0.1) is 0 Å². The lowest BCUT2D eigenvalue weighted by Crippen LogP contribution is -2.45. The number of carboxylic acids is 1. The number of carbonyl (C=O) groups is 3. The topological polar surface area (TPSA) is 105 Å². The summed E-state index contributed by atoms with van der Waals surface area (Å²) in [5, 5.41) is 13.8. The van der Waals surface area contributed by atoms with E-state index in [1.54, 1.807) is 0 Å². The molecule has 3 rings (SSSR count). The van der Waals surface area contributed by atoms with Crippen LogP contribution in [0, 0.1) is 0 Å². The number of nitrogens with one attached hydrogen (secondary N) is 2. The molecule has 1 aliphatic carbocycles. The maximum Gasteiger partial charge on any atom is 0.407 e. The summed E-state index contributed by atoms with van der Waals surface area (Å²) in [6, 6.07) is 15.3. The van der Waals surface area contributed by atoms with Crippen LogP contribution in [-0.2, 0) is 14.3 Å². The number of carbonyl (C=O) groups excluding carboxylic acids is 2. The second kappa shape index (κ2) is 9.26. The molecule has 2 aromatic carbocycles. The van der Waals surface area contributed by atoms with Gasteiger partial charge in [0.1, 0.15) is 12.6 Å². The zero-order valence-corrected chi connectivity index (χ0v) is 16.8. The van der Waals surface area contributed by atoms with Gasteiger partial charge in [-0.3, -0.25) is 4.79 Å². The van der Waals surface area contributed by atoms with E-state index in [0.29, 0.717) is 0 Å². The minimum atomic E-state index is -1.05. The first kappa shape index (κ1) is 21.1. The van der Waals surface area contributed by atoms with E-state index in [1.165, 1.54) is 19.9 Å². The third-order valence-corrected chi connectivity index (χ3v) is 5.09. The highest BCUT2D eigenvalue weighted by molar-refractivity contribution is 5.87. The number of aliphatic carboxylic acids is 1. The fourth-order valence-corrected chi connectivity index (χ4v) is 3.43. The van der Waals surface area contributed by atoms with E-state index in [0.717, 1.165) is 22.3 Å². The molecule has 7 heteroatoms.